The van der Waals surface area contributed by atoms with Crippen LogP contribution in [0.15, 0.2) is 11.6 Å². The molecule has 0 bridgehead atoms. The van der Waals surface area contributed by atoms with Crippen molar-refractivity contribution >= 4 is 5.97 Å². The zero-order valence-electron chi connectivity index (χ0n) is 9.35. The quantitative estimate of drug-likeness (QED) is 0.709. The summed E-state index contributed by atoms with van der Waals surface area (Å²) < 4.78 is 5.20. The fraction of sp³-hybridized carbons (Fsp3) is 0.636. The van der Waals surface area contributed by atoms with E-state index in [9.17, 15) is 4.79 Å². The molecule has 0 aromatic heterocycles. The Morgan fingerprint density at radius 2 is 2.50 bits per heavy atom. The van der Waals surface area contributed by atoms with E-state index in [1.165, 1.54) is 0 Å². The SMILES string of the molecule is CCC(=CCN1CCOC(C#N)C1)C(=O)O. The summed E-state index contributed by atoms with van der Waals surface area (Å²) >= 11 is 0. The van der Waals surface area contributed by atoms with Crippen LogP contribution in [0.5, 0.6) is 0 Å². The molecule has 1 N–H and O–H groups in total. The van der Waals surface area contributed by atoms with Gasteiger partial charge in [-0.25, -0.2) is 4.79 Å². The summed E-state index contributed by atoms with van der Waals surface area (Å²) in [5.41, 5.74) is 0.417. The zero-order chi connectivity index (χ0) is 12.0. The molecule has 1 atom stereocenters. The van der Waals surface area contributed by atoms with E-state index in [0.717, 1.165) is 6.54 Å². The van der Waals surface area contributed by atoms with E-state index in [4.69, 9.17) is 15.1 Å². The number of hydrogen-bond donors (Lipinski definition) is 1. The molecule has 88 valence electrons. The number of ether oxygens (including phenoxy) is 1. The van der Waals surface area contributed by atoms with Gasteiger partial charge in [-0.3, -0.25) is 4.90 Å². The van der Waals surface area contributed by atoms with Gasteiger partial charge in [0, 0.05) is 25.2 Å². The Labute approximate surface area is 94.9 Å². The number of carboxylic acid groups (broad SMARTS) is 1. The Morgan fingerprint density at radius 3 is 3.06 bits per heavy atom. The summed E-state index contributed by atoms with van der Waals surface area (Å²) in [6.45, 7) is 4.20. The van der Waals surface area contributed by atoms with E-state index in [1.807, 2.05) is 11.8 Å². The maximum Gasteiger partial charge on any atom is 0.331 e. The third-order valence-electron chi connectivity index (χ3n) is 2.55. The summed E-state index contributed by atoms with van der Waals surface area (Å²) in [5, 5.41) is 17.5. The van der Waals surface area contributed by atoms with Crippen LogP contribution in [0.25, 0.3) is 0 Å². The van der Waals surface area contributed by atoms with E-state index >= 15 is 0 Å². The molecule has 1 saturated heterocycles. The number of carboxylic acids is 1. The Hall–Kier alpha value is -1.38. The molecule has 1 aliphatic heterocycles. The van der Waals surface area contributed by atoms with Crippen molar-refractivity contribution in [3.05, 3.63) is 11.6 Å². The Morgan fingerprint density at radius 1 is 1.75 bits per heavy atom. The van der Waals surface area contributed by atoms with Gasteiger partial charge in [0.05, 0.1) is 12.7 Å². The van der Waals surface area contributed by atoms with Crippen molar-refractivity contribution in [1.29, 1.82) is 5.26 Å². The van der Waals surface area contributed by atoms with Crippen molar-refractivity contribution < 1.29 is 14.6 Å². The van der Waals surface area contributed by atoms with Crippen LogP contribution in [-0.4, -0.2) is 48.3 Å². The van der Waals surface area contributed by atoms with Gasteiger partial charge in [-0.2, -0.15) is 5.26 Å². The lowest BCUT2D eigenvalue weighted by Gasteiger charge is -2.28. The van der Waals surface area contributed by atoms with Gasteiger partial charge in [-0.15, -0.1) is 0 Å². The minimum atomic E-state index is -0.868. The smallest absolute Gasteiger partial charge is 0.331 e. The van der Waals surface area contributed by atoms with Gasteiger partial charge in [-0.1, -0.05) is 13.0 Å². The first kappa shape index (κ1) is 12.7. The summed E-state index contributed by atoms with van der Waals surface area (Å²) in [5.74, 6) is -0.868. The first-order chi connectivity index (χ1) is 7.67. The van der Waals surface area contributed by atoms with Gasteiger partial charge in [0.2, 0.25) is 0 Å². The number of aliphatic carboxylic acids is 1. The van der Waals surface area contributed by atoms with Crippen molar-refractivity contribution in [2.75, 3.05) is 26.2 Å². The number of carbonyl (C=O) groups is 1. The monoisotopic (exact) mass is 224 g/mol. The highest BCUT2D eigenvalue weighted by molar-refractivity contribution is 5.86. The molecule has 16 heavy (non-hydrogen) atoms. The molecule has 1 fully saturated rings. The molecule has 1 aliphatic rings. The molecule has 0 aromatic carbocycles. The van der Waals surface area contributed by atoms with Crippen molar-refractivity contribution in [2.24, 2.45) is 0 Å². The number of morpholine rings is 1. The lowest BCUT2D eigenvalue weighted by Crippen LogP contribution is -2.41. The first-order valence-electron chi connectivity index (χ1n) is 5.33. The second kappa shape index (κ2) is 6.26. The molecule has 0 spiro atoms. The molecule has 0 aliphatic carbocycles. The lowest BCUT2D eigenvalue weighted by atomic mass is 10.2. The van der Waals surface area contributed by atoms with E-state index in [-0.39, 0.29) is 0 Å². The predicted molar refractivity (Wildman–Crippen MR) is 57.8 cm³/mol. The fourth-order valence-electron chi connectivity index (χ4n) is 1.57. The van der Waals surface area contributed by atoms with Crippen LogP contribution in [-0.2, 0) is 9.53 Å². The molecule has 0 aromatic rings. The van der Waals surface area contributed by atoms with Crippen LogP contribution in [0.1, 0.15) is 13.3 Å². The highest BCUT2D eigenvalue weighted by Gasteiger charge is 2.19. The summed E-state index contributed by atoms with van der Waals surface area (Å²) in [6.07, 6.45) is 1.83. The fourth-order valence-corrected chi connectivity index (χ4v) is 1.57. The molecule has 1 heterocycles. The topological polar surface area (TPSA) is 73.6 Å². The molecule has 5 nitrogen and oxygen atoms in total. The minimum Gasteiger partial charge on any atom is -0.478 e. The van der Waals surface area contributed by atoms with E-state index in [0.29, 0.717) is 31.7 Å². The second-order valence-corrected chi connectivity index (χ2v) is 3.64. The van der Waals surface area contributed by atoms with Gasteiger partial charge in [0.1, 0.15) is 0 Å². The number of nitriles is 1. The third kappa shape index (κ3) is 3.65. The van der Waals surface area contributed by atoms with E-state index in [1.54, 1.807) is 6.08 Å². The lowest BCUT2D eigenvalue weighted by molar-refractivity contribution is -0.132. The Balaban J connectivity index is 2.48. The largest absolute Gasteiger partial charge is 0.478 e. The van der Waals surface area contributed by atoms with Crippen LogP contribution in [0.4, 0.5) is 0 Å². The highest BCUT2D eigenvalue weighted by Crippen LogP contribution is 2.06. The van der Waals surface area contributed by atoms with Crippen molar-refractivity contribution in [2.45, 2.75) is 19.4 Å². The van der Waals surface area contributed by atoms with Crippen LogP contribution in [0.2, 0.25) is 0 Å². The predicted octanol–water partition coefficient (Wildman–Crippen LogP) is 0.632. The van der Waals surface area contributed by atoms with Crippen LogP contribution in [0, 0.1) is 11.3 Å². The van der Waals surface area contributed by atoms with Crippen molar-refractivity contribution in [1.82, 2.24) is 4.90 Å². The maximum atomic E-state index is 10.8. The number of hydrogen-bond acceptors (Lipinski definition) is 4. The second-order valence-electron chi connectivity index (χ2n) is 3.64. The summed E-state index contributed by atoms with van der Waals surface area (Å²) in [6, 6.07) is 2.06. The maximum absolute atomic E-state index is 10.8. The number of nitrogens with zero attached hydrogens (tertiary/aromatic N) is 2. The third-order valence-corrected chi connectivity index (χ3v) is 2.55. The van der Waals surface area contributed by atoms with Crippen molar-refractivity contribution in [3.63, 3.8) is 0 Å². The molecule has 1 unspecified atom stereocenters. The molecule has 0 radical (unpaired) electrons. The normalized spacial score (nSPS) is 22.8. The Kier molecular flexibility index (Phi) is 4.96. The average Bonchev–Trinajstić information content (AvgIpc) is 2.29. The van der Waals surface area contributed by atoms with Crippen LogP contribution < -0.4 is 0 Å². The van der Waals surface area contributed by atoms with Gasteiger partial charge in [-0.05, 0) is 6.42 Å². The van der Waals surface area contributed by atoms with Gasteiger partial charge < -0.3 is 9.84 Å². The zero-order valence-corrected chi connectivity index (χ0v) is 9.35. The molecular formula is C11H16N2O3. The van der Waals surface area contributed by atoms with E-state index < -0.39 is 12.1 Å². The molecule has 1 rings (SSSR count). The average molecular weight is 224 g/mol. The molecular weight excluding hydrogens is 208 g/mol. The summed E-state index contributed by atoms with van der Waals surface area (Å²) in [4.78, 5) is 12.8. The standard InChI is InChI=1S/C11H16N2O3/c1-2-9(11(14)15)3-4-13-5-6-16-10(7-12)8-13/h3,10H,2,4-6,8H2,1H3,(H,14,15). The first-order valence-corrected chi connectivity index (χ1v) is 5.33. The van der Waals surface area contributed by atoms with Gasteiger partial charge >= 0.3 is 5.97 Å². The minimum absolute atomic E-state index is 0.392. The highest BCUT2D eigenvalue weighted by atomic mass is 16.5. The van der Waals surface area contributed by atoms with E-state index in [2.05, 4.69) is 6.07 Å². The molecule has 0 amide bonds. The van der Waals surface area contributed by atoms with Gasteiger partial charge in [0.15, 0.2) is 6.10 Å². The van der Waals surface area contributed by atoms with Crippen molar-refractivity contribution in [3.8, 4) is 6.07 Å². The Bertz CT molecular complexity index is 320. The van der Waals surface area contributed by atoms with Gasteiger partial charge in [0.25, 0.3) is 0 Å². The molecule has 0 saturated carbocycles. The summed E-state index contributed by atoms with van der Waals surface area (Å²) in [7, 11) is 0. The molecule has 5 heteroatoms. The van der Waals surface area contributed by atoms with Crippen LogP contribution >= 0.6 is 0 Å². The van der Waals surface area contributed by atoms with Crippen LogP contribution in [0.3, 0.4) is 0 Å². The number of rotatable bonds is 4.